The van der Waals surface area contributed by atoms with Gasteiger partial charge in [-0.25, -0.2) is 4.79 Å². The van der Waals surface area contributed by atoms with Crippen molar-refractivity contribution < 1.29 is 9.90 Å². The maximum absolute atomic E-state index is 11.9. The highest BCUT2D eigenvalue weighted by Crippen LogP contribution is 2.20. The maximum atomic E-state index is 11.9. The third kappa shape index (κ3) is 1.62. The third-order valence-corrected chi connectivity index (χ3v) is 3.02. The highest BCUT2D eigenvalue weighted by molar-refractivity contribution is 5.96. The van der Waals surface area contributed by atoms with Crippen molar-refractivity contribution in [2.45, 2.75) is 13.8 Å². The minimum Gasteiger partial charge on any atom is -0.477 e. The van der Waals surface area contributed by atoms with Crippen LogP contribution < -0.4 is 5.56 Å². The predicted octanol–water partition coefficient (Wildman–Crippen LogP) is 1.85. The van der Waals surface area contributed by atoms with Crippen molar-refractivity contribution in [2.24, 2.45) is 7.05 Å². The van der Waals surface area contributed by atoms with Crippen molar-refractivity contribution >= 4 is 16.9 Å². The molecule has 0 saturated heterocycles. The van der Waals surface area contributed by atoms with Crippen LogP contribution in [0.2, 0.25) is 0 Å². The fourth-order valence-electron chi connectivity index (χ4n) is 2.07. The number of nitrogens with zero attached hydrogens (tertiary/aromatic N) is 1. The standard InChI is InChI=1S/C13H13NO3/c1-7-4-5-10-9(6-7)8(2)11(13(16)17)12(15)14(10)3/h4-6H,1-3H3,(H,16,17). The third-order valence-electron chi connectivity index (χ3n) is 3.02. The van der Waals surface area contributed by atoms with E-state index in [1.807, 2.05) is 25.1 Å². The molecule has 0 saturated carbocycles. The van der Waals surface area contributed by atoms with E-state index in [0.717, 1.165) is 16.5 Å². The molecule has 0 amide bonds. The summed E-state index contributed by atoms with van der Waals surface area (Å²) in [6.07, 6.45) is 0. The van der Waals surface area contributed by atoms with E-state index in [1.54, 1.807) is 14.0 Å². The van der Waals surface area contributed by atoms with Crippen molar-refractivity contribution in [3.05, 3.63) is 45.2 Å². The summed E-state index contributed by atoms with van der Waals surface area (Å²) in [4.78, 5) is 23.0. The van der Waals surface area contributed by atoms with Crippen LogP contribution in [0.5, 0.6) is 0 Å². The van der Waals surface area contributed by atoms with E-state index in [-0.39, 0.29) is 5.56 Å². The molecule has 1 aromatic heterocycles. The topological polar surface area (TPSA) is 59.3 Å². The van der Waals surface area contributed by atoms with Crippen molar-refractivity contribution in [3.8, 4) is 0 Å². The Balaban J connectivity index is 3.06. The van der Waals surface area contributed by atoms with E-state index in [4.69, 9.17) is 5.11 Å². The zero-order valence-corrected chi connectivity index (χ0v) is 9.94. The first-order valence-corrected chi connectivity index (χ1v) is 5.26. The number of aromatic nitrogens is 1. The molecule has 88 valence electrons. The first-order chi connectivity index (χ1) is 7.93. The second-order valence-electron chi connectivity index (χ2n) is 4.19. The van der Waals surface area contributed by atoms with Crippen molar-refractivity contribution in [3.63, 3.8) is 0 Å². The van der Waals surface area contributed by atoms with Gasteiger partial charge in [-0.05, 0) is 31.5 Å². The summed E-state index contributed by atoms with van der Waals surface area (Å²) in [7, 11) is 1.59. The molecule has 0 spiro atoms. The number of pyridine rings is 1. The van der Waals surface area contributed by atoms with Gasteiger partial charge >= 0.3 is 5.97 Å². The van der Waals surface area contributed by atoms with Gasteiger partial charge in [-0.1, -0.05) is 11.6 Å². The molecule has 4 nitrogen and oxygen atoms in total. The number of aryl methyl sites for hydroxylation is 3. The van der Waals surface area contributed by atoms with Crippen LogP contribution in [0.1, 0.15) is 21.5 Å². The number of hydrogen-bond acceptors (Lipinski definition) is 2. The first-order valence-electron chi connectivity index (χ1n) is 5.26. The van der Waals surface area contributed by atoms with E-state index in [9.17, 15) is 9.59 Å². The number of carboxylic acid groups (broad SMARTS) is 1. The number of carboxylic acids is 1. The van der Waals surface area contributed by atoms with Crippen molar-refractivity contribution in [1.82, 2.24) is 4.57 Å². The minimum absolute atomic E-state index is 0.148. The summed E-state index contributed by atoms with van der Waals surface area (Å²) in [5.74, 6) is -1.17. The summed E-state index contributed by atoms with van der Waals surface area (Å²) < 4.78 is 1.38. The molecule has 0 bridgehead atoms. The lowest BCUT2D eigenvalue weighted by Crippen LogP contribution is -2.26. The molecule has 17 heavy (non-hydrogen) atoms. The predicted molar refractivity (Wildman–Crippen MR) is 65.6 cm³/mol. The molecule has 0 fully saturated rings. The van der Waals surface area contributed by atoms with Gasteiger partial charge in [0.15, 0.2) is 0 Å². The smallest absolute Gasteiger partial charge is 0.341 e. The summed E-state index contributed by atoms with van der Waals surface area (Å²) in [5, 5.41) is 9.90. The Labute approximate surface area is 98.1 Å². The number of carbonyl (C=O) groups is 1. The number of benzene rings is 1. The molecule has 0 aliphatic carbocycles. The maximum Gasteiger partial charge on any atom is 0.341 e. The number of hydrogen-bond donors (Lipinski definition) is 1. The number of aromatic carboxylic acids is 1. The zero-order valence-electron chi connectivity index (χ0n) is 9.94. The van der Waals surface area contributed by atoms with Gasteiger partial charge in [-0.2, -0.15) is 0 Å². The molecule has 2 rings (SSSR count). The van der Waals surface area contributed by atoms with Gasteiger partial charge in [0.1, 0.15) is 5.56 Å². The minimum atomic E-state index is -1.17. The molecule has 1 aromatic carbocycles. The molecule has 4 heteroatoms. The first kappa shape index (κ1) is 11.4. The summed E-state index contributed by atoms with van der Waals surface area (Å²) in [5.41, 5.74) is 1.70. The van der Waals surface area contributed by atoms with E-state index in [0.29, 0.717) is 5.56 Å². The molecule has 1 heterocycles. The fourth-order valence-corrected chi connectivity index (χ4v) is 2.07. The molecule has 2 aromatic rings. The molecule has 0 aliphatic rings. The summed E-state index contributed by atoms with van der Waals surface area (Å²) >= 11 is 0. The van der Waals surface area contributed by atoms with Crippen LogP contribution >= 0.6 is 0 Å². The quantitative estimate of drug-likeness (QED) is 0.814. The van der Waals surface area contributed by atoms with E-state index >= 15 is 0 Å². The average Bonchev–Trinajstić information content (AvgIpc) is 2.26. The summed E-state index contributed by atoms with van der Waals surface area (Å²) in [6, 6.07) is 5.64. The van der Waals surface area contributed by atoms with Gasteiger partial charge in [-0.15, -0.1) is 0 Å². The Bertz CT molecular complexity index is 683. The second kappa shape index (κ2) is 3.73. The monoisotopic (exact) mass is 231 g/mol. The molecule has 1 N–H and O–H groups in total. The molecule has 0 radical (unpaired) electrons. The van der Waals surface area contributed by atoms with Crippen LogP contribution in [0.15, 0.2) is 23.0 Å². The van der Waals surface area contributed by atoms with Crippen LogP contribution in [0, 0.1) is 13.8 Å². The zero-order chi connectivity index (χ0) is 12.7. The van der Waals surface area contributed by atoms with Gasteiger partial charge in [0, 0.05) is 12.4 Å². The van der Waals surface area contributed by atoms with Gasteiger partial charge in [0.2, 0.25) is 0 Å². The number of rotatable bonds is 1. The summed E-state index contributed by atoms with van der Waals surface area (Å²) in [6.45, 7) is 3.61. The second-order valence-corrected chi connectivity index (χ2v) is 4.19. The van der Waals surface area contributed by atoms with Crippen LogP contribution in [-0.2, 0) is 7.05 Å². The molecule has 0 unspecified atom stereocenters. The Hall–Kier alpha value is -2.10. The normalized spacial score (nSPS) is 10.8. The van der Waals surface area contributed by atoms with Gasteiger partial charge in [0.25, 0.3) is 5.56 Å². The Morgan fingerprint density at radius 2 is 1.94 bits per heavy atom. The molecule has 0 atom stereocenters. The Morgan fingerprint density at radius 3 is 2.53 bits per heavy atom. The van der Waals surface area contributed by atoms with Crippen molar-refractivity contribution in [2.75, 3.05) is 0 Å². The molecule has 0 aliphatic heterocycles. The van der Waals surface area contributed by atoms with Crippen LogP contribution in [0.3, 0.4) is 0 Å². The van der Waals surface area contributed by atoms with E-state index in [1.165, 1.54) is 4.57 Å². The van der Waals surface area contributed by atoms with Crippen LogP contribution in [-0.4, -0.2) is 15.6 Å². The average molecular weight is 231 g/mol. The van der Waals surface area contributed by atoms with Crippen LogP contribution in [0.4, 0.5) is 0 Å². The molecular weight excluding hydrogens is 218 g/mol. The Morgan fingerprint density at radius 1 is 1.29 bits per heavy atom. The lowest BCUT2D eigenvalue weighted by atomic mass is 10.0. The highest BCUT2D eigenvalue weighted by atomic mass is 16.4. The van der Waals surface area contributed by atoms with E-state index < -0.39 is 11.5 Å². The SMILES string of the molecule is Cc1ccc2c(c1)c(C)c(C(=O)O)c(=O)n2C. The number of fused-ring (bicyclic) bond motifs is 1. The highest BCUT2D eigenvalue weighted by Gasteiger charge is 2.17. The van der Waals surface area contributed by atoms with Crippen LogP contribution in [0.25, 0.3) is 10.9 Å². The largest absolute Gasteiger partial charge is 0.477 e. The van der Waals surface area contributed by atoms with Gasteiger partial charge < -0.3 is 9.67 Å². The molecular formula is C13H13NO3. The van der Waals surface area contributed by atoms with E-state index in [2.05, 4.69) is 0 Å². The lowest BCUT2D eigenvalue weighted by Gasteiger charge is -2.11. The fraction of sp³-hybridized carbons (Fsp3) is 0.231. The van der Waals surface area contributed by atoms with Gasteiger partial charge in [0.05, 0.1) is 5.52 Å². The lowest BCUT2D eigenvalue weighted by molar-refractivity contribution is 0.0694. The van der Waals surface area contributed by atoms with Crippen molar-refractivity contribution in [1.29, 1.82) is 0 Å². The van der Waals surface area contributed by atoms with Gasteiger partial charge in [-0.3, -0.25) is 4.79 Å². The Kier molecular flexibility index (Phi) is 2.50.